The Labute approximate surface area is 148 Å². The normalized spacial score (nSPS) is 16.4. The molecule has 0 saturated carbocycles. The first kappa shape index (κ1) is 18.5. The fraction of sp³-hybridized carbons (Fsp3) is 0.474. The summed E-state index contributed by atoms with van der Waals surface area (Å²) in [5.41, 5.74) is 2.91. The lowest BCUT2D eigenvalue weighted by Crippen LogP contribution is -2.38. The lowest BCUT2D eigenvalue weighted by molar-refractivity contribution is -0.135. The number of carbonyl (C=O) groups is 2. The highest BCUT2D eigenvalue weighted by molar-refractivity contribution is 6.00. The molecule has 0 bridgehead atoms. The molecule has 130 valence electrons. The number of aryl methyl sites for hydroxylation is 2. The van der Waals surface area contributed by atoms with Crippen molar-refractivity contribution in [2.45, 2.75) is 33.1 Å². The average Bonchev–Trinajstić information content (AvgIpc) is 2.98. The molecule has 1 saturated heterocycles. The number of anilines is 1. The molecule has 0 radical (unpaired) electrons. The molecule has 1 fully saturated rings. The van der Waals surface area contributed by atoms with E-state index in [2.05, 4.69) is 0 Å². The van der Waals surface area contributed by atoms with Crippen molar-refractivity contribution >= 4 is 17.5 Å². The standard InChI is InChI=1S/C19H22N4O2/c1-14-5-6-15(2)17(11-14)23-13-16(12-18(23)24)19(25)22(9-3-7-20)10-4-8-21/h5-6,11,16H,3-4,9-10,12-13H2,1-2H3. The molecule has 0 spiro atoms. The maximum atomic E-state index is 12.8. The summed E-state index contributed by atoms with van der Waals surface area (Å²) < 4.78 is 0. The van der Waals surface area contributed by atoms with Crippen molar-refractivity contribution in [1.82, 2.24) is 4.90 Å². The van der Waals surface area contributed by atoms with Crippen LogP contribution in [0.15, 0.2) is 18.2 Å². The zero-order chi connectivity index (χ0) is 18.4. The van der Waals surface area contributed by atoms with Gasteiger partial charge in [-0.1, -0.05) is 12.1 Å². The number of benzene rings is 1. The van der Waals surface area contributed by atoms with Gasteiger partial charge in [-0.05, 0) is 31.0 Å². The van der Waals surface area contributed by atoms with Gasteiger partial charge in [0.1, 0.15) is 0 Å². The van der Waals surface area contributed by atoms with Gasteiger partial charge in [0.25, 0.3) is 0 Å². The van der Waals surface area contributed by atoms with E-state index in [9.17, 15) is 9.59 Å². The molecular formula is C19H22N4O2. The van der Waals surface area contributed by atoms with Crippen LogP contribution in [-0.2, 0) is 9.59 Å². The number of carbonyl (C=O) groups excluding carboxylic acids is 2. The number of rotatable bonds is 6. The van der Waals surface area contributed by atoms with E-state index in [0.717, 1.165) is 16.8 Å². The number of nitriles is 2. The molecule has 1 aliphatic rings. The number of hydrogen-bond donors (Lipinski definition) is 0. The average molecular weight is 338 g/mol. The van der Waals surface area contributed by atoms with E-state index in [1.165, 1.54) is 4.90 Å². The zero-order valence-corrected chi connectivity index (χ0v) is 14.7. The van der Waals surface area contributed by atoms with E-state index in [4.69, 9.17) is 10.5 Å². The Morgan fingerprint density at radius 3 is 2.48 bits per heavy atom. The minimum absolute atomic E-state index is 0.0624. The van der Waals surface area contributed by atoms with Crippen LogP contribution >= 0.6 is 0 Å². The fourth-order valence-electron chi connectivity index (χ4n) is 3.08. The predicted molar refractivity (Wildman–Crippen MR) is 93.4 cm³/mol. The molecule has 1 heterocycles. The molecule has 1 aromatic carbocycles. The van der Waals surface area contributed by atoms with Crippen LogP contribution < -0.4 is 4.90 Å². The summed E-state index contributed by atoms with van der Waals surface area (Å²) >= 11 is 0. The topological polar surface area (TPSA) is 88.2 Å². The van der Waals surface area contributed by atoms with Crippen LogP contribution in [-0.4, -0.2) is 36.3 Å². The third-order valence-corrected chi connectivity index (χ3v) is 4.43. The molecule has 1 aliphatic heterocycles. The third-order valence-electron chi connectivity index (χ3n) is 4.43. The summed E-state index contributed by atoms with van der Waals surface area (Å²) in [6.45, 7) is 4.86. The highest BCUT2D eigenvalue weighted by Crippen LogP contribution is 2.29. The second kappa shape index (κ2) is 8.30. The quantitative estimate of drug-likeness (QED) is 0.796. The van der Waals surface area contributed by atoms with E-state index in [-0.39, 0.29) is 31.1 Å². The molecule has 2 amide bonds. The molecule has 0 aliphatic carbocycles. The Morgan fingerprint density at radius 1 is 1.24 bits per heavy atom. The first-order valence-electron chi connectivity index (χ1n) is 8.38. The van der Waals surface area contributed by atoms with Crippen LogP contribution in [0.4, 0.5) is 5.69 Å². The van der Waals surface area contributed by atoms with Crippen molar-refractivity contribution < 1.29 is 9.59 Å². The molecule has 0 N–H and O–H groups in total. The monoisotopic (exact) mass is 338 g/mol. The van der Waals surface area contributed by atoms with Gasteiger partial charge in [0.05, 0.1) is 30.9 Å². The van der Waals surface area contributed by atoms with Crippen molar-refractivity contribution in [1.29, 1.82) is 10.5 Å². The summed E-state index contributed by atoms with van der Waals surface area (Å²) in [5, 5.41) is 17.5. The summed E-state index contributed by atoms with van der Waals surface area (Å²) in [6, 6.07) is 9.97. The van der Waals surface area contributed by atoms with Gasteiger partial charge in [0.2, 0.25) is 11.8 Å². The predicted octanol–water partition coefficient (Wildman–Crippen LogP) is 2.31. The van der Waals surface area contributed by atoms with Gasteiger partial charge in [-0.2, -0.15) is 10.5 Å². The second-order valence-electron chi connectivity index (χ2n) is 6.34. The van der Waals surface area contributed by atoms with Gasteiger partial charge in [-0.25, -0.2) is 0 Å². The Morgan fingerprint density at radius 2 is 1.88 bits per heavy atom. The van der Waals surface area contributed by atoms with Crippen molar-refractivity contribution in [2.75, 3.05) is 24.5 Å². The van der Waals surface area contributed by atoms with Crippen LogP contribution in [0.1, 0.15) is 30.4 Å². The number of hydrogen-bond acceptors (Lipinski definition) is 4. The smallest absolute Gasteiger partial charge is 0.228 e. The first-order valence-corrected chi connectivity index (χ1v) is 8.38. The fourth-order valence-corrected chi connectivity index (χ4v) is 3.08. The van der Waals surface area contributed by atoms with Gasteiger partial charge >= 0.3 is 0 Å². The van der Waals surface area contributed by atoms with Crippen LogP contribution in [0.25, 0.3) is 0 Å². The van der Waals surface area contributed by atoms with E-state index < -0.39 is 5.92 Å². The minimum atomic E-state index is -0.426. The summed E-state index contributed by atoms with van der Waals surface area (Å²) in [7, 11) is 0. The van der Waals surface area contributed by atoms with Crippen LogP contribution in [0, 0.1) is 42.4 Å². The maximum Gasteiger partial charge on any atom is 0.228 e. The van der Waals surface area contributed by atoms with Crippen LogP contribution in [0.3, 0.4) is 0 Å². The van der Waals surface area contributed by atoms with E-state index in [1.54, 1.807) is 4.90 Å². The van der Waals surface area contributed by atoms with Crippen molar-refractivity contribution in [3.63, 3.8) is 0 Å². The molecule has 6 heteroatoms. The Bertz CT molecular complexity index is 727. The van der Waals surface area contributed by atoms with Gasteiger partial charge in [0.15, 0.2) is 0 Å². The van der Waals surface area contributed by atoms with Gasteiger partial charge in [-0.3, -0.25) is 9.59 Å². The zero-order valence-electron chi connectivity index (χ0n) is 14.7. The van der Waals surface area contributed by atoms with E-state index in [0.29, 0.717) is 19.6 Å². The van der Waals surface area contributed by atoms with Gasteiger partial charge in [-0.15, -0.1) is 0 Å². The molecule has 2 rings (SSSR count). The lowest BCUT2D eigenvalue weighted by Gasteiger charge is -2.24. The van der Waals surface area contributed by atoms with Crippen LogP contribution in [0.5, 0.6) is 0 Å². The third kappa shape index (κ3) is 4.36. The van der Waals surface area contributed by atoms with E-state index >= 15 is 0 Å². The van der Waals surface area contributed by atoms with E-state index in [1.807, 2.05) is 44.2 Å². The molecule has 0 aromatic heterocycles. The SMILES string of the molecule is Cc1ccc(C)c(N2CC(C(=O)N(CCC#N)CCC#N)CC2=O)c1. The minimum Gasteiger partial charge on any atom is -0.340 e. The molecule has 6 nitrogen and oxygen atoms in total. The highest BCUT2D eigenvalue weighted by atomic mass is 16.2. The Balaban J connectivity index is 2.14. The van der Waals surface area contributed by atoms with Crippen molar-refractivity contribution in [3.8, 4) is 12.1 Å². The summed E-state index contributed by atoms with van der Waals surface area (Å²) in [5.74, 6) is -0.635. The summed E-state index contributed by atoms with van der Waals surface area (Å²) in [4.78, 5) is 28.4. The largest absolute Gasteiger partial charge is 0.340 e. The van der Waals surface area contributed by atoms with Crippen molar-refractivity contribution in [3.05, 3.63) is 29.3 Å². The maximum absolute atomic E-state index is 12.8. The van der Waals surface area contributed by atoms with Crippen LogP contribution in [0.2, 0.25) is 0 Å². The molecule has 1 aromatic rings. The van der Waals surface area contributed by atoms with Gasteiger partial charge < -0.3 is 9.80 Å². The Hall–Kier alpha value is -2.86. The molecule has 1 atom stereocenters. The van der Waals surface area contributed by atoms with Gasteiger partial charge in [0, 0.05) is 31.7 Å². The lowest BCUT2D eigenvalue weighted by atomic mass is 10.1. The highest BCUT2D eigenvalue weighted by Gasteiger charge is 2.37. The molecule has 25 heavy (non-hydrogen) atoms. The Kier molecular flexibility index (Phi) is 6.14. The molecular weight excluding hydrogens is 316 g/mol. The number of nitrogens with zero attached hydrogens (tertiary/aromatic N) is 4. The second-order valence-corrected chi connectivity index (χ2v) is 6.34. The first-order chi connectivity index (χ1) is 12.0. The number of amides is 2. The van der Waals surface area contributed by atoms with Crippen molar-refractivity contribution in [2.24, 2.45) is 5.92 Å². The molecule has 1 unspecified atom stereocenters. The summed E-state index contributed by atoms with van der Waals surface area (Å²) in [6.07, 6.45) is 0.610.